The minimum absolute atomic E-state index is 0.0254. The Morgan fingerprint density at radius 3 is 2.52 bits per heavy atom. The van der Waals surface area contributed by atoms with Crippen molar-refractivity contribution in [1.82, 2.24) is 5.32 Å². The Kier molecular flexibility index (Phi) is 3.98. The van der Waals surface area contributed by atoms with Gasteiger partial charge < -0.3 is 10.2 Å². The molecule has 21 heavy (non-hydrogen) atoms. The van der Waals surface area contributed by atoms with Gasteiger partial charge in [0.1, 0.15) is 17.7 Å². The molecule has 1 heterocycles. The Morgan fingerprint density at radius 1 is 1.24 bits per heavy atom. The first kappa shape index (κ1) is 15.4. The van der Waals surface area contributed by atoms with Crippen LogP contribution in [0.4, 0.5) is 14.5 Å². The van der Waals surface area contributed by atoms with E-state index in [0.29, 0.717) is 0 Å². The fourth-order valence-corrected chi connectivity index (χ4v) is 2.29. The topological polar surface area (TPSA) is 49.4 Å². The maximum atomic E-state index is 13.9. The van der Waals surface area contributed by atoms with Gasteiger partial charge in [0, 0.05) is 19.0 Å². The van der Waals surface area contributed by atoms with Gasteiger partial charge in [-0.1, -0.05) is 20.8 Å². The van der Waals surface area contributed by atoms with Crippen LogP contribution in [0, 0.1) is 17.0 Å². The summed E-state index contributed by atoms with van der Waals surface area (Å²) in [7, 11) is 0. The van der Waals surface area contributed by atoms with E-state index in [1.54, 1.807) is 20.8 Å². The van der Waals surface area contributed by atoms with Crippen LogP contribution in [0.3, 0.4) is 0 Å². The Balaban J connectivity index is 2.45. The van der Waals surface area contributed by atoms with Crippen LogP contribution in [-0.2, 0) is 9.59 Å². The van der Waals surface area contributed by atoms with Crippen LogP contribution >= 0.6 is 0 Å². The normalized spacial score (nSPS) is 20.2. The molecule has 0 aliphatic carbocycles. The van der Waals surface area contributed by atoms with Crippen molar-refractivity contribution in [2.24, 2.45) is 5.41 Å². The summed E-state index contributed by atoms with van der Waals surface area (Å²) in [6, 6.07) is 2.16. The van der Waals surface area contributed by atoms with Crippen LogP contribution in [0.15, 0.2) is 18.2 Å². The second kappa shape index (κ2) is 5.42. The summed E-state index contributed by atoms with van der Waals surface area (Å²) in [6.07, 6.45) is 0.0499. The van der Waals surface area contributed by atoms with Crippen molar-refractivity contribution in [1.29, 1.82) is 0 Å². The minimum Gasteiger partial charge on any atom is -0.344 e. The average Bonchev–Trinajstić information content (AvgIpc) is 2.52. The molecule has 1 unspecified atom stereocenters. The zero-order valence-electron chi connectivity index (χ0n) is 12.2. The van der Waals surface area contributed by atoms with Gasteiger partial charge in [-0.2, -0.15) is 0 Å². The summed E-state index contributed by atoms with van der Waals surface area (Å²) in [5.41, 5.74) is -0.662. The van der Waals surface area contributed by atoms with Gasteiger partial charge in [0.25, 0.3) is 0 Å². The predicted octanol–water partition coefficient (Wildman–Crippen LogP) is 2.23. The molecule has 0 saturated carbocycles. The van der Waals surface area contributed by atoms with Crippen molar-refractivity contribution in [3.63, 3.8) is 0 Å². The number of hydrogen-bond acceptors (Lipinski definition) is 2. The lowest BCUT2D eigenvalue weighted by Gasteiger charge is -2.32. The smallest absolute Gasteiger partial charge is 0.250 e. The maximum absolute atomic E-state index is 13.9. The first-order chi connectivity index (χ1) is 9.70. The monoisotopic (exact) mass is 296 g/mol. The van der Waals surface area contributed by atoms with E-state index in [9.17, 15) is 18.4 Å². The van der Waals surface area contributed by atoms with E-state index in [4.69, 9.17) is 0 Å². The Hall–Kier alpha value is -1.98. The zero-order valence-corrected chi connectivity index (χ0v) is 12.2. The highest BCUT2D eigenvalue weighted by Crippen LogP contribution is 2.28. The zero-order chi connectivity index (χ0) is 15.8. The highest BCUT2D eigenvalue weighted by Gasteiger charge is 2.39. The molecular formula is C15H18F2N2O2. The second-order valence-electron chi connectivity index (χ2n) is 6.20. The molecule has 2 amide bonds. The van der Waals surface area contributed by atoms with Gasteiger partial charge in [-0.05, 0) is 17.5 Å². The van der Waals surface area contributed by atoms with Gasteiger partial charge >= 0.3 is 0 Å². The third-order valence-electron chi connectivity index (χ3n) is 3.45. The van der Waals surface area contributed by atoms with Crippen molar-refractivity contribution in [3.8, 4) is 0 Å². The lowest BCUT2D eigenvalue weighted by molar-refractivity contribution is -0.127. The quantitative estimate of drug-likeness (QED) is 0.864. The number of amides is 2. The summed E-state index contributed by atoms with van der Waals surface area (Å²) in [4.78, 5) is 25.5. The summed E-state index contributed by atoms with van der Waals surface area (Å²) in [5.74, 6) is -2.03. The molecule has 0 spiro atoms. The fraction of sp³-hybridized carbons (Fsp3) is 0.467. The first-order valence-corrected chi connectivity index (χ1v) is 6.76. The average molecular weight is 296 g/mol. The molecule has 0 aromatic heterocycles. The van der Waals surface area contributed by atoms with E-state index in [2.05, 4.69) is 5.32 Å². The van der Waals surface area contributed by atoms with Crippen LogP contribution < -0.4 is 10.2 Å². The van der Waals surface area contributed by atoms with Gasteiger partial charge in [-0.25, -0.2) is 8.78 Å². The summed E-state index contributed by atoms with van der Waals surface area (Å²) < 4.78 is 27.3. The van der Waals surface area contributed by atoms with E-state index in [-0.39, 0.29) is 24.6 Å². The van der Waals surface area contributed by atoms with Gasteiger partial charge in [0.2, 0.25) is 11.8 Å². The number of nitrogens with one attached hydrogen (secondary N) is 1. The number of halogens is 2. The summed E-state index contributed by atoms with van der Waals surface area (Å²) >= 11 is 0. The van der Waals surface area contributed by atoms with Gasteiger partial charge in [0.15, 0.2) is 0 Å². The number of carbonyl (C=O) groups excluding carboxylic acids is 2. The van der Waals surface area contributed by atoms with Gasteiger partial charge in [0.05, 0.1) is 5.69 Å². The molecule has 2 rings (SSSR count). The molecule has 1 saturated heterocycles. The van der Waals surface area contributed by atoms with Crippen LogP contribution in [-0.4, -0.2) is 24.4 Å². The molecule has 0 bridgehead atoms. The molecule has 6 heteroatoms. The summed E-state index contributed by atoms with van der Waals surface area (Å²) in [5, 5.41) is 2.66. The Labute approximate surface area is 122 Å². The second-order valence-corrected chi connectivity index (χ2v) is 6.20. The molecule has 1 aromatic rings. The van der Waals surface area contributed by atoms with Gasteiger partial charge in [-0.15, -0.1) is 0 Å². The van der Waals surface area contributed by atoms with E-state index >= 15 is 0 Å². The number of rotatable bonds is 1. The van der Waals surface area contributed by atoms with E-state index < -0.39 is 29.0 Å². The number of carbonyl (C=O) groups is 2. The number of anilines is 1. The fourth-order valence-electron chi connectivity index (χ4n) is 2.29. The van der Waals surface area contributed by atoms with Crippen molar-refractivity contribution < 1.29 is 18.4 Å². The molecule has 1 N–H and O–H groups in total. The maximum Gasteiger partial charge on any atom is 0.250 e. The largest absolute Gasteiger partial charge is 0.344 e. The highest BCUT2D eigenvalue weighted by atomic mass is 19.1. The van der Waals surface area contributed by atoms with E-state index in [1.807, 2.05) is 0 Å². The van der Waals surface area contributed by atoms with E-state index in [1.165, 1.54) is 0 Å². The van der Waals surface area contributed by atoms with Crippen molar-refractivity contribution in [3.05, 3.63) is 29.8 Å². The van der Waals surface area contributed by atoms with Gasteiger partial charge in [-0.3, -0.25) is 9.59 Å². The molecule has 0 radical (unpaired) electrons. The van der Waals surface area contributed by atoms with Crippen LogP contribution in [0.5, 0.6) is 0 Å². The first-order valence-electron chi connectivity index (χ1n) is 6.76. The van der Waals surface area contributed by atoms with Crippen LogP contribution in [0.25, 0.3) is 0 Å². The molecule has 4 nitrogen and oxygen atoms in total. The van der Waals surface area contributed by atoms with Crippen LogP contribution in [0.2, 0.25) is 0 Å². The summed E-state index contributed by atoms with van der Waals surface area (Å²) in [6.45, 7) is 5.45. The van der Waals surface area contributed by atoms with Crippen LogP contribution in [0.1, 0.15) is 27.2 Å². The lowest BCUT2D eigenvalue weighted by atomic mass is 9.86. The van der Waals surface area contributed by atoms with Crippen molar-refractivity contribution in [2.45, 2.75) is 33.2 Å². The lowest BCUT2D eigenvalue weighted by Crippen LogP contribution is -2.52. The Bertz CT molecular complexity index is 582. The van der Waals surface area contributed by atoms with Crippen molar-refractivity contribution >= 4 is 17.5 Å². The SMILES string of the molecule is CC(C)(C)C1NC(=O)CCN(c2cc(F)ccc2F)C1=O. The molecule has 1 aliphatic heterocycles. The van der Waals surface area contributed by atoms with Crippen molar-refractivity contribution in [2.75, 3.05) is 11.4 Å². The molecule has 114 valence electrons. The third kappa shape index (κ3) is 3.20. The highest BCUT2D eigenvalue weighted by molar-refractivity contribution is 6.01. The standard InChI is InChI=1S/C15H18F2N2O2/c1-15(2,3)13-14(21)19(7-6-12(20)18-13)11-8-9(16)4-5-10(11)17/h4-5,8,13H,6-7H2,1-3H3,(H,18,20). The molecule has 1 fully saturated rings. The molecule has 1 aliphatic rings. The van der Waals surface area contributed by atoms with E-state index in [0.717, 1.165) is 23.1 Å². The number of hydrogen-bond donors (Lipinski definition) is 1. The molecule has 1 atom stereocenters. The molecule has 1 aromatic carbocycles. The minimum atomic E-state index is -0.782. The molecular weight excluding hydrogens is 278 g/mol. The predicted molar refractivity (Wildman–Crippen MR) is 74.7 cm³/mol. The third-order valence-corrected chi connectivity index (χ3v) is 3.45. The Morgan fingerprint density at radius 2 is 1.90 bits per heavy atom. The number of nitrogens with zero attached hydrogens (tertiary/aromatic N) is 1. The number of benzene rings is 1.